The van der Waals surface area contributed by atoms with Crippen LogP contribution in [0.1, 0.15) is 23.7 Å². The van der Waals surface area contributed by atoms with E-state index in [1.54, 1.807) is 0 Å². The van der Waals surface area contributed by atoms with E-state index in [4.69, 9.17) is 15.0 Å². The van der Waals surface area contributed by atoms with E-state index in [0.717, 1.165) is 56.2 Å². The van der Waals surface area contributed by atoms with Crippen LogP contribution in [0.3, 0.4) is 0 Å². The van der Waals surface area contributed by atoms with Crippen molar-refractivity contribution in [1.82, 2.24) is 19.5 Å². The molecule has 0 atom stereocenters. The largest absolute Gasteiger partial charge is 0.309 e. The van der Waals surface area contributed by atoms with Gasteiger partial charge < -0.3 is 4.57 Å². The van der Waals surface area contributed by atoms with E-state index in [9.17, 15) is 4.39 Å². The smallest absolute Gasteiger partial charge is 0.166 e. The minimum absolute atomic E-state index is 0.302. The summed E-state index contributed by atoms with van der Waals surface area (Å²) in [6.07, 6.45) is 4.09. The lowest BCUT2D eigenvalue weighted by atomic mass is 10.0. The van der Waals surface area contributed by atoms with Gasteiger partial charge in [0, 0.05) is 39.4 Å². The first-order chi connectivity index (χ1) is 22.4. The third-order valence-electron chi connectivity index (χ3n) is 8.17. The average Bonchev–Trinajstić information content (AvgIpc) is 3.35. The Kier molecular flexibility index (Phi) is 7.55. The van der Waals surface area contributed by atoms with Crippen LogP contribution >= 0.6 is 0 Å². The average molecular weight is 605 g/mol. The number of hydrogen-bond acceptors (Lipinski definition) is 3. The van der Waals surface area contributed by atoms with Crippen LogP contribution in [-0.4, -0.2) is 19.5 Å². The van der Waals surface area contributed by atoms with Crippen molar-refractivity contribution in [2.45, 2.75) is 20.8 Å². The highest BCUT2D eigenvalue weighted by Gasteiger charge is 2.21. The molecule has 2 aromatic heterocycles. The maximum absolute atomic E-state index is 15.2. The lowest BCUT2D eigenvalue weighted by molar-refractivity contribution is 0.585. The normalized spacial score (nSPS) is 11.5. The lowest BCUT2D eigenvalue weighted by Gasteiger charge is -2.17. The highest BCUT2D eigenvalue weighted by Crippen LogP contribution is 2.38. The Labute approximate surface area is 266 Å². The Bertz CT molecular complexity index is 2200. The summed E-state index contributed by atoms with van der Waals surface area (Å²) in [7, 11) is 0. The summed E-state index contributed by atoms with van der Waals surface area (Å²) in [5, 5.41) is 1.11. The van der Waals surface area contributed by atoms with Crippen molar-refractivity contribution in [3.63, 3.8) is 0 Å². The monoisotopic (exact) mass is 604 g/mol. The second-order valence-electron chi connectivity index (χ2n) is 11.3. The molecule has 0 spiro atoms. The fourth-order valence-electron chi connectivity index (χ4n) is 5.92. The van der Waals surface area contributed by atoms with Crippen LogP contribution in [0, 0.1) is 25.5 Å². The molecule has 224 valence electrons. The number of aromatic nitrogens is 4. The number of rotatable bonds is 6. The molecule has 0 amide bonds. The molecule has 5 aromatic carbocycles. The molecule has 46 heavy (non-hydrogen) atoms. The van der Waals surface area contributed by atoms with Crippen LogP contribution in [0.15, 0.2) is 121 Å². The summed E-state index contributed by atoms with van der Waals surface area (Å²) in [6, 6.07) is 35.4. The van der Waals surface area contributed by atoms with Gasteiger partial charge >= 0.3 is 0 Å². The summed E-state index contributed by atoms with van der Waals surface area (Å²) in [5.41, 5.74) is 8.39. The Morgan fingerprint density at radius 2 is 1.24 bits per heavy atom. The van der Waals surface area contributed by atoms with Crippen LogP contribution in [0.25, 0.3) is 68.0 Å². The molecule has 0 N–H and O–H groups in total. The second kappa shape index (κ2) is 12.0. The molecule has 0 bridgehead atoms. The van der Waals surface area contributed by atoms with Crippen molar-refractivity contribution >= 4 is 17.0 Å². The Morgan fingerprint density at radius 3 is 1.87 bits per heavy atom. The van der Waals surface area contributed by atoms with Gasteiger partial charge in [-0.15, -0.1) is 0 Å². The maximum atomic E-state index is 15.2. The van der Waals surface area contributed by atoms with Crippen LogP contribution in [0.5, 0.6) is 0 Å². The fourth-order valence-corrected chi connectivity index (χ4v) is 5.92. The minimum Gasteiger partial charge on any atom is -0.309 e. The minimum atomic E-state index is -0.630. The molecule has 0 aliphatic heterocycles. The fraction of sp³-hybridized carbons (Fsp3) is 0.0750. The molecule has 0 unspecified atom stereocenters. The van der Waals surface area contributed by atoms with E-state index >= 15 is 4.39 Å². The van der Waals surface area contributed by atoms with Gasteiger partial charge in [-0.3, -0.25) is 0 Å². The van der Waals surface area contributed by atoms with Gasteiger partial charge in [-0.2, -0.15) is 0 Å². The molecule has 6 heteroatoms. The second-order valence-corrected chi connectivity index (χ2v) is 11.3. The standard InChI is InChI=1S/C40H30F2N4/c1-4-11-35-26(3)33-22-25(2)16-21-36(33)46(35)37-23-29(31-20-18-30(41)24-34(31)42)17-19-32(37)40-44-38(27-12-7-5-8-13-27)43-39(45-40)28-14-9-6-10-15-28/h4-24H,1-3H3/b11-4-. The summed E-state index contributed by atoms with van der Waals surface area (Å²) in [6.45, 7) is 6.18. The first kappa shape index (κ1) is 29.0. The summed E-state index contributed by atoms with van der Waals surface area (Å²) in [5.74, 6) is 0.313. The van der Waals surface area contributed by atoms with Crippen LogP contribution in [0.4, 0.5) is 8.78 Å². The molecule has 4 nitrogen and oxygen atoms in total. The molecule has 2 heterocycles. The SMILES string of the molecule is C/C=C\c1c(C)c2cc(C)ccc2n1-c1cc(-c2ccc(F)cc2F)ccc1-c1nc(-c2ccccc2)nc(-c2ccccc2)n1. The summed E-state index contributed by atoms with van der Waals surface area (Å²) < 4.78 is 31.3. The van der Waals surface area contributed by atoms with Gasteiger partial charge in [-0.05, 0) is 74.4 Å². The Balaban J connectivity index is 1.57. The predicted molar refractivity (Wildman–Crippen MR) is 183 cm³/mol. The lowest BCUT2D eigenvalue weighted by Crippen LogP contribution is -2.05. The highest BCUT2D eigenvalue weighted by molar-refractivity contribution is 5.92. The van der Waals surface area contributed by atoms with Crippen molar-refractivity contribution in [2.75, 3.05) is 0 Å². The highest BCUT2D eigenvalue weighted by atomic mass is 19.1. The predicted octanol–water partition coefficient (Wildman–Crippen LogP) is 10.4. The van der Waals surface area contributed by atoms with Gasteiger partial charge in [-0.25, -0.2) is 23.7 Å². The Morgan fingerprint density at radius 1 is 0.609 bits per heavy atom. The van der Waals surface area contributed by atoms with Gasteiger partial charge in [0.2, 0.25) is 0 Å². The van der Waals surface area contributed by atoms with Crippen molar-refractivity contribution in [3.05, 3.63) is 150 Å². The molecular weight excluding hydrogens is 574 g/mol. The number of benzene rings is 5. The van der Waals surface area contributed by atoms with E-state index in [2.05, 4.69) is 42.7 Å². The zero-order chi connectivity index (χ0) is 31.8. The number of hydrogen-bond donors (Lipinski definition) is 0. The van der Waals surface area contributed by atoms with E-state index < -0.39 is 11.6 Å². The Hall–Kier alpha value is -5.75. The zero-order valence-corrected chi connectivity index (χ0v) is 25.7. The molecule has 7 rings (SSSR count). The summed E-state index contributed by atoms with van der Waals surface area (Å²) >= 11 is 0. The molecule has 0 aliphatic carbocycles. The van der Waals surface area contributed by atoms with Gasteiger partial charge in [0.1, 0.15) is 11.6 Å². The number of allylic oxidation sites excluding steroid dienone is 1. The molecule has 0 saturated carbocycles. The zero-order valence-electron chi connectivity index (χ0n) is 25.7. The van der Waals surface area contributed by atoms with Gasteiger partial charge in [0.05, 0.1) is 11.2 Å². The molecule has 0 saturated heterocycles. The van der Waals surface area contributed by atoms with E-state index in [1.165, 1.54) is 12.1 Å². The first-order valence-electron chi connectivity index (χ1n) is 15.1. The number of aryl methyl sites for hydroxylation is 2. The first-order valence-corrected chi connectivity index (χ1v) is 15.1. The van der Waals surface area contributed by atoms with Gasteiger partial charge in [-0.1, -0.05) is 84.4 Å². The molecule has 0 radical (unpaired) electrons. The van der Waals surface area contributed by atoms with Crippen molar-refractivity contribution in [1.29, 1.82) is 0 Å². The maximum Gasteiger partial charge on any atom is 0.166 e. The van der Waals surface area contributed by atoms with Crippen LogP contribution in [-0.2, 0) is 0 Å². The van der Waals surface area contributed by atoms with E-state index in [0.29, 0.717) is 28.6 Å². The molecule has 0 fully saturated rings. The van der Waals surface area contributed by atoms with Gasteiger partial charge in [0.25, 0.3) is 0 Å². The van der Waals surface area contributed by atoms with E-state index in [1.807, 2.05) is 91.9 Å². The van der Waals surface area contributed by atoms with Crippen molar-refractivity contribution in [2.24, 2.45) is 0 Å². The molecular formula is C40H30F2N4. The van der Waals surface area contributed by atoms with Crippen molar-refractivity contribution < 1.29 is 8.78 Å². The molecule has 7 aromatic rings. The topological polar surface area (TPSA) is 43.6 Å². The van der Waals surface area contributed by atoms with Crippen molar-refractivity contribution in [3.8, 4) is 51.0 Å². The number of fused-ring (bicyclic) bond motifs is 1. The van der Waals surface area contributed by atoms with E-state index in [-0.39, 0.29) is 0 Å². The number of halogens is 2. The number of nitrogens with zero attached hydrogens (tertiary/aromatic N) is 4. The van der Waals surface area contributed by atoms with Crippen LogP contribution < -0.4 is 0 Å². The third kappa shape index (κ3) is 5.28. The van der Waals surface area contributed by atoms with Gasteiger partial charge in [0.15, 0.2) is 17.5 Å². The van der Waals surface area contributed by atoms with Crippen LogP contribution in [0.2, 0.25) is 0 Å². The third-order valence-corrected chi connectivity index (χ3v) is 8.17. The molecule has 0 aliphatic rings. The quantitative estimate of drug-likeness (QED) is 0.190. The summed E-state index contributed by atoms with van der Waals surface area (Å²) in [4.78, 5) is 14.9.